The minimum Gasteiger partial charge on any atom is -0.491 e. The van der Waals surface area contributed by atoms with Crippen LogP contribution in [0.3, 0.4) is 0 Å². The maximum atomic E-state index is 5.83. The van der Waals surface area contributed by atoms with Crippen molar-refractivity contribution in [1.82, 2.24) is 0 Å². The highest BCUT2D eigenvalue weighted by molar-refractivity contribution is 5.47. The summed E-state index contributed by atoms with van der Waals surface area (Å²) < 4.78 is 22.9. The molecular formula is C26H29NO4. The van der Waals surface area contributed by atoms with Crippen molar-refractivity contribution in [1.29, 1.82) is 0 Å². The van der Waals surface area contributed by atoms with E-state index in [1.54, 1.807) is 0 Å². The summed E-state index contributed by atoms with van der Waals surface area (Å²) in [4.78, 5) is 0. The van der Waals surface area contributed by atoms with Crippen molar-refractivity contribution < 1.29 is 18.9 Å². The first-order chi connectivity index (χ1) is 15.3. The second-order valence-corrected chi connectivity index (χ2v) is 7.48. The lowest BCUT2D eigenvalue weighted by molar-refractivity contribution is 0.0679. The lowest BCUT2D eigenvalue weighted by Crippen LogP contribution is -2.16. The molecule has 1 unspecified atom stereocenters. The summed E-state index contributed by atoms with van der Waals surface area (Å²) in [6, 6.07) is 25.9. The van der Waals surface area contributed by atoms with E-state index in [-0.39, 0.29) is 6.10 Å². The summed E-state index contributed by atoms with van der Waals surface area (Å²) in [6.07, 6.45) is 2.45. The molecule has 1 aliphatic heterocycles. The third-order valence-electron chi connectivity index (χ3n) is 5.07. The maximum absolute atomic E-state index is 5.83. The lowest BCUT2D eigenvalue weighted by atomic mass is 10.2. The Morgan fingerprint density at radius 1 is 0.774 bits per heavy atom. The van der Waals surface area contributed by atoms with Crippen LogP contribution >= 0.6 is 0 Å². The van der Waals surface area contributed by atoms with Gasteiger partial charge in [0, 0.05) is 18.8 Å². The molecule has 1 saturated heterocycles. The molecule has 1 fully saturated rings. The molecule has 1 aliphatic rings. The molecule has 0 amide bonds. The molecule has 0 aliphatic carbocycles. The molecule has 0 radical (unpaired) electrons. The molecule has 31 heavy (non-hydrogen) atoms. The van der Waals surface area contributed by atoms with Gasteiger partial charge in [-0.2, -0.15) is 0 Å². The van der Waals surface area contributed by atoms with Crippen LogP contribution in [0.25, 0.3) is 0 Å². The zero-order valence-corrected chi connectivity index (χ0v) is 17.7. The zero-order chi connectivity index (χ0) is 21.1. The van der Waals surface area contributed by atoms with Crippen LogP contribution in [-0.4, -0.2) is 32.5 Å². The summed E-state index contributed by atoms with van der Waals surface area (Å²) in [5.74, 6) is 2.57. The fourth-order valence-electron chi connectivity index (χ4n) is 3.42. The summed E-state index contributed by atoms with van der Waals surface area (Å²) in [7, 11) is 0. The fraction of sp³-hybridized carbons (Fsp3) is 0.308. The van der Waals surface area contributed by atoms with E-state index in [1.807, 2.05) is 66.7 Å². The van der Waals surface area contributed by atoms with E-state index in [4.69, 9.17) is 18.9 Å². The molecule has 0 spiro atoms. The summed E-state index contributed by atoms with van der Waals surface area (Å²) in [6.45, 7) is 3.20. The van der Waals surface area contributed by atoms with E-state index in [9.17, 15) is 0 Å². The minimum absolute atomic E-state index is 0.234. The Hall–Kier alpha value is -3.18. The van der Waals surface area contributed by atoms with Crippen LogP contribution in [0.4, 0.5) is 5.69 Å². The van der Waals surface area contributed by atoms with E-state index in [0.717, 1.165) is 47.9 Å². The number of benzene rings is 3. The van der Waals surface area contributed by atoms with E-state index in [2.05, 4.69) is 17.4 Å². The van der Waals surface area contributed by atoms with Gasteiger partial charge in [0.05, 0.1) is 6.10 Å². The molecule has 1 heterocycles. The molecule has 1 atom stereocenters. The monoisotopic (exact) mass is 419 g/mol. The molecular weight excluding hydrogens is 390 g/mol. The number of hydrogen-bond donors (Lipinski definition) is 1. The van der Waals surface area contributed by atoms with E-state index in [0.29, 0.717) is 26.4 Å². The Balaban J connectivity index is 1.18. The first-order valence-corrected chi connectivity index (χ1v) is 10.8. The van der Waals surface area contributed by atoms with Gasteiger partial charge in [-0.15, -0.1) is 0 Å². The number of anilines is 1. The molecule has 3 aromatic rings. The summed E-state index contributed by atoms with van der Waals surface area (Å²) in [5.41, 5.74) is 2.20. The van der Waals surface area contributed by atoms with Gasteiger partial charge in [0.15, 0.2) is 0 Å². The minimum atomic E-state index is 0.234. The number of nitrogens with one attached hydrogen (secondary N) is 1. The Labute approximate surface area is 183 Å². The van der Waals surface area contributed by atoms with Crippen molar-refractivity contribution in [2.45, 2.75) is 25.5 Å². The quantitative estimate of drug-likeness (QED) is 0.427. The normalized spacial score (nSPS) is 15.4. The summed E-state index contributed by atoms with van der Waals surface area (Å²) in [5, 5.41) is 3.44. The number of ether oxygens (including phenoxy) is 4. The van der Waals surface area contributed by atoms with Gasteiger partial charge in [0.25, 0.3) is 0 Å². The molecule has 5 heteroatoms. The van der Waals surface area contributed by atoms with E-state index < -0.39 is 0 Å². The molecule has 1 N–H and O–H groups in total. The van der Waals surface area contributed by atoms with E-state index >= 15 is 0 Å². The van der Waals surface area contributed by atoms with Crippen LogP contribution in [-0.2, 0) is 11.3 Å². The zero-order valence-electron chi connectivity index (χ0n) is 17.7. The van der Waals surface area contributed by atoms with E-state index in [1.165, 1.54) is 0 Å². The average molecular weight is 420 g/mol. The Kier molecular flexibility index (Phi) is 7.66. The van der Waals surface area contributed by atoms with Gasteiger partial charge in [0.2, 0.25) is 0 Å². The second-order valence-electron chi connectivity index (χ2n) is 7.48. The molecule has 4 rings (SSSR count). The van der Waals surface area contributed by atoms with Crippen molar-refractivity contribution in [3.05, 3.63) is 84.4 Å². The van der Waals surface area contributed by atoms with Crippen molar-refractivity contribution in [2.24, 2.45) is 0 Å². The third-order valence-corrected chi connectivity index (χ3v) is 5.07. The van der Waals surface area contributed by atoms with Crippen LogP contribution in [0.1, 0.15) is 18.4 Å². The van der Waals surface area contributed by atoms with Gasteiger partial charge in [0.1, 0.15) is 37.1 Å². The standard InChI is InChI=1S/C26H29NO4/c1-2-7-23(8-3-1)29-16-17-30-25-9-4-6-21(18-25)19-27-22-11-13-24(14-12-22)31-20-26-10-5-15-28-26/h1-4,6-9,11-14,18,26-27H,5,10,15-17,19-20H2. The predicted octanol–water partition coefficient (Wildman–Crippen LogP) is 5.31. The van der Waals surface area contributed by atoms with Crippen molar-refractivity contribution >= 4 is 5.69 Å². The Morgan fingerprint density at radius 3 is 2.29 bits per heavy atom. The van der Waals surface area contributed by atoms with Gasteiger partial charge >= 0.3 is 0 Å². The molecule has 0 saturated carbocycles. The lowest BCUT2D eigenvalue weighted by Gasteiger charge is -2.13. The SMILES string of the molecule is c1ccc(OCCOc2cccc(CNc3ccc(OCC4CCCO4)cc3)c2)cc1. The fourth-order valence-corrected chi connectivity index (χ4v) is 3.42. The van der Waals surface area contributed by atoms with Gasteiger partial charge < -0.3 is 24.3 Å². The van der Waals surface area contributed by atoms with Gasteiger partial charge in [-0.05, 0) is 66.9 Å². The number of rotatable bonds is 11. The highest BCUT2D eigenvalue weighted by atomic mass is 16.5. The van der Waals surface area contributed by atoms with Crippen molar-refractivity contribution in [3.63, 3.8) is 0 Å². The maximum Gasteiger partial charge on any atom is 0.122 e. The summed E-state index contributed by atoms with van der Waals surface area (Å²) >= 11 is 0. The molecule has 0 aromatic heterocycles. The first kappa shape index (κ1) is 21.1. The van der Waals surface area contributed by atoms with Gasteiger partial charge in [-0.3, -0.25) is 0 Å². The van der Waals surface area contributed by atoms with Gasteiger partial charge in [-0.25, -0.2) is 0 Å². The molecule has 3 aromatic carbocycles. The van der Waals surface area contributed by atoms with Crippen LogP contribution in [0.2, 0.25) is 0 Å². The van der Waals surface area contributed by atoms with Crippen molar-refractivity contribution in [2.75, 3.05) is 31.7 Å². The van der Waals surface area contributed by atoms with Crippen LogP contribution < -0.4 is 19.5 Å². The predicted molar refractivity (Wildman–Crippen MR) is 122 cm³/mol. The van der Waals surface area contributed by atoms with Crippen LogP contribution in [0, 0.1) is 0 Å². The number of para-hydroxylation sites is 1. The Morgan fingerprint density at radius 2 is 1.52 bits per heavy atom. The average Bonchev–Trinajstić information content (AvgIpc) is 3.35. The highest BCUT2D eigenvalue weighted by Crippen LogP contribution is 2.20. The topological polar surface area (TPSA) is 49.0 Å². The second kappa shape index (κ2) is 11.3. The van der Waals surface area contributed by atoms with Crippen LogP contribution in [0.5, 0.6) is 17.2 Å². The third kappa shape index (κ3) is 6.93. The molecule has 5 nitrogen and oxygen atoms in total. The smallest absolute Gasteiger partial charge is 0.122 e. The first-order valence-electron chi connectivity index (χ1n) is 10.8. The largest absolute Gasteiger partial charge is 0.491 e. The Bertz CT molecular complexity index is 908. The van der Waals surface area contributed by atoms with Crippen LogP contribution in [0.15, 0.2) is 78.9 Å². The van der Waals surface area contributed by atoms with Crippen molar-refractivity contribution in [3.8, 4) is 17.2 Å². The number of hydrogen-bond acceptors (Lipinski definition) is 5. The highest BCUT2D eigenvalue weighted by Gasteiger charge is 2.15. The van der Waals surface area contributed by atoms with Gasteiger partial charge in [-0.1, -0.05) is 30.3 Å². The molecule has 0 bridgehead atoms. The molecule has 162 valence electrons.